The van der Waals surface area contributed by atoms with Gasteiger partial charge in [-0.05, 0) is 12.1 Å². The summed E-state index contributed by atoms with van der Waals surface area (Å²) < 4.78 is 0. The predicted molar refractivity (Wildman–Crippen MR) is 73.9 cm³/mol. The number of hydrogen-bond acceptors (Lipinski definition) is 1. The summed E-state index contributed by atoms with van der Waals surface area (Å²) in [6, 6.07) is 10.4. The van der Waals surface area contributed by atoms with Gasteiger partial charge >= 0.3 is 0 Å². The molecule has 2 heteroatoms. The number of allylic oxidation sites excluding steroid dienone is 1. The topological polar surface area (TPSA) is 0 Å². The van der Waals surface area contributed by atoms with Crippen molar-refractivity contribution in [1.29, 1.82) is 0 Å². The van der Waals surface area contributed by atoms with Crippen LogP contribution in [0.4, 0.5) is 0 Å². The van der Waals surface area contributed by atoms with Crippen LogP contribution in [0, 0.1) is 0 Å². The molecule has 0 unspecified atom stereocenters. The molecule has 0 spiro atoms. The SMILES string of the molecule is C=C/C(=C/[Si](C)(C)C)Sc1ccccc1. The van der Waals surface area contributed by atoms with E-state index in [2.05, 4.69) is 56.2 Å². The molecule has 0 aliphatic carbocycles. The maximum atomic E-state index is 3.87. The molecule has 0 heterocycles. The van der Waals surface area contributed by atoms with Gasteiger partial charge in [0.1, 0.15) is 0 Å². The van der Waals surface area contributed by atoms with Crippen LogP contribution in [-0.2, 0) is 0 Å². The van der Waals surface area contributed by atoms with Gasteiger partial charge in [0, 0.05) is 9.80 Å². The van der Waals surface area contributed by atoms with Crippen molar-refractivity contribution in [1.82, 2.24) is 0 Å². The standard InChI is InChI=1S/C13H18SSi/c1-5-12(11-15(2,3)4)14-13-9-7-6-8-10-13/h5-11H,1H2,2-4H3/b12-11-. The summed E-state index contributed by atoms with van der Waals surface area (Å²) in [6.45, 7) is 10.9. The van der Waals surface area contributed by atoms with Crippen molar-refractivity contribution in [2.75, 3.05) is 0 Å². The first-order chi connectivity index (χ1) is 7.01. The quantitative estimate of drug-likeness (QED) is 0.412. The fraction of sp³-hybridized carbons (Fsp3) is 0.231. The Morgan fingerprint density at radius 3 is 2.27 bits per heavy atom. The highest BCUT2D eigenvalue weighted by Gasteiger charge is 2.10. The first kappa shape index (κ1) is 12.3. The molecular formula is C13H18SSi. The summed E-state index contributed by atoms with van der Waals surface area (Å²) in [6.07, 6.45) is 1.95. The third-order valence-corrected chi connectivity index (χ3v) is 4.17. The first-order valence-corrected chi connectivity index (χ1v) is 9.49. The van der Waals surface area contributed by atoms with Crippen molar-refractivity contribution in [3.8, 4) is 0 Å². The molecule has 1 aromatic carbocycles. The Labute approximate surface area is 98.1 Å². The molecule has 1 rings (SSSR count). The van der Waals surface area contributed by atoms with E-state index in [4.69, 9.17) is 0 Å². The maximum Gasteiger partial charge on any atom is 0.0701 e. The Morgan fingerprint density at radius 1 is 1.20 bits per heavy atom. The normalized spacial score (nSPS) is 12.6. The van der Waals surface area contributed by atoms with E-state index in [1.54, 1.807) is 11.8 Å². The highest BCUT2D eigenvalue weighted by Crippen LogP contribution is 2.28. The largest absolute Gasteiger partial charge is 0.0980 e. The molecule has 15 heavy (non-hydrogen) atoms. The van der Waals surface area contributed by atoms with Crippen LogP contribution in [-0.4, -0.2) is 8.07 Å². The lowest BCUT2D eigenvalue weighted by molar-refractivity contribution is 1.47. The lowest BCUT2D eigenvalue weighted by Crippen LogP contribution is -2.16. The second-order valence-corrected chi connectivity index (χ2v) is 10.7. The molecule has 0 aromatic heterocycles. The molecule has 0 aliphatic rings. The van der Waals surface area contributed by atoms with E-state index in [1.165, 1.54) is 9.80 Å². The second-order valence-electron chi connectivity index (χ2n) is 4.53. The van der Waals surface area contributed by atoms with Crippen LogP contribution < -0.4 is 0 Å². The van der Waals surface area contributed by atoms with Gasteiger partial charge in [-0.15, -0.1) is 0 Å². The van der Waals surface area contributed by atoms with Gasteiger partial charge < -0.3 is 0 Å². The lowest BCUT2D eigenvalue weighted by atomic mass is 10.4. The molecule has 0 saturated carbocycles. The monoisotopic (exact) mass is 234 g/mol. The molecule has 0 fully saturated rings. The van der Waals surface area contributed by atoms with Crippen molar-refractivity contribution in [2.24, 2.45) is 0 Å². The molecule has 0 amide bonds. The van der Waals surface area contributed by atoms with Crippen molar-refractivity contribution in [2.45, 2.75) is 24.5 Å². The molecule has 0 bridgehead atoms. The van der Waals surface area contributed by atoms with Crippen molar-refractivity contribution < 1.29 is 0 Å². The van der Waals surface area contributed by atoms with Gasteiger partial charge in [0.25, 0.3) is 0 Å². The van der Waals surface area contributed by atoms with Gasteiger partial charge in [-0.25, -0.2) is 0 Å². The van der Waals surface area contributed by atoms with Gasteiger partial charge in [-0.2, -0.15) is 0 Å². The van der Waals surface area contributed by atoms with E-state index in [0.717, 1.165) is 0 Å². The van der Waals surface area contributed by atoms with Crippen molar-refractivity contribution in [3.63, 3.8) is 0 Å². The molecule has 0 aliphatic heterocycles. The number of rotatable bonds is 4. The molecule has 0 radical (unpaired) electrons. The minimum Gasteiger partial charge on any atom is -0.0980 e. The van der Waals surface area contributed by atoms with E-state index >= 15 is 0 Å². The molecule has 80 valence electrons. The van der Waals surface area contributed by atoms with Crippen LogP contribution in [0.5, 0.6) is 0 Å². The van der Waals surface area contributed by atoms with E-state index in [9.17, 15) is 0 Å². The zero-order chi connectivity index (χ0) is 11.3. The van der Waals surface area contributed by atoms with Gasteiger partial charge in [-0.3, -0.25) is 0 Å². The second kappa shape index (κ2) is 5.38. The fourth-order valence-corrected chi connectivity index (χ4v) is 4.10. The van der Waals surface area contributed by atoms with Crippen LogP contribution in [0.2, 0.25) is 19.6 Å². The predicted octanol–water partition coefficient (Wildman–Crippen LogP) is 4.73. The summed E-state index contributed by atoms with van der Waals surface area (Å²) in [7, 11) is -1.15. The van der Waals surface area contributed by atoms with Crippen LogP contribution >= 0.6 is 11.8 Å². The summed E-state index contributed by atoms with van der Waals surface area (Å²) in [4.78, 5) is 2.56. The van der Waals surface area contributed by atoms with Gasteiger partial charge in [0.05, 0.1) is 8.07 Å². The summed E-state index contributed by atoms with van der Waals surface area (Å²) >= 11 is 1.79. The smallest absolute Gasteiger partial charge is 0.0701 e. The van der Waals surface area contributed by atoms with Gasteiger partial charge in [0.15, 0.2) is 0 Å². The first-order valence-electron chi connectivity index (χ1n) is 5.09. The Hall–Kier alpha value is -0.733. The average molecular weight is 234 g/mol. The van der Waals surface area contributed by atoms with E-state index in [0.29, 0.717) is 0 Å². The summed E-state index contributed by atoms with van der Waals surface area (Å²) in [5.41, 5.74) is 2.39. The van der Waals surface area contributed by atoms with E-state index in [-0.39, 0.29) is 0 Å². The van der Waals surface area contributed by atoms with Crippen LogP contribution in [0.15, 0.2) is 58.5 Å². The van der Waals surface area contributed by atoms with Crippen LogP contribution in [0.3, 0.4) is 0 Å². The Bertz CT molecular complexity index is 347. The lowest BCUT2D eigenvalue weighted by Gasteiger charge is -2.11. The molecule has 0 N–H and O–H groups in total. The van der Waals surface area contributed by atoms with Crippen molar-refractivity contribution >= 4 is 19.8 Å². The number of thioether (sulfide) groups is 1. The molecule has 0 atom stereocenters. The maximum absolute atomic E-state index is 3.87. The third kappa shape index (κ3) is 5.05. The highest BCUT2D eigenvalue weighted by molar-refractivity contribution is 8.03. The Balaban J connectivity index is 2.79. The minimum atomic E-state index is -1.15. The average Bonchev–Trinajstić information content (AvgIpc) is 2.16. The summed E-state index contributed by atoms with van der Waals surface area (Å²) in [5.74, 6) is 0. The minimum absolute atomic E-state index is 1.15. The Morgan fingerprint density at radius 2 is 1.80 bits per heavy atom. The molecular weight excluding hydrogens is 216 g/mol. The third-order valence-electron chi connectivity index (χ3n) is 1.76. The Kier molecular flexibility index (Phi) is 4.42. The zero-order valence-electron chi connectivity index (χ0n) is 9.66. The summed E-state index contributed by atoms with van der Waals surface area (Å²) in [5, 5.41) is 0. The van der Waals surface area contributed by atoms with Gasteiger partial charge in [-0.1, -0.05) is 68.0 Å². The zero-order valence-corrected chi connectivity index (χ0v) is 11.5. The van der Waals surface area contributed by atoms with Crippen LogP contribution in [0.25, 0.3) is 0 Å². The molecule has 1 aromatic rings. The molecule has 0 nitrogen and oxygen atoms in total. The van der Waals surface area contributed by atoms with E-state index in [1.807, 2.05) is 12.1 Å². The highest BCUT2D eigenvalue weighted by atomic mass is 32.2. The number of hydrogen-bond donors (Lipinski definition) is 0. The van der Waals surface area contributed by atoms with E-state index < -0.39 is 8.07 Å². The number of benzene rings is 1. The molecule has 0 saturated heterocycles. The van der Waals surface area contributed by atoms with Crippen LogP contribution in [0.1, 0.15) is 0 Å². The fourth-order valence-electron chi connectivity index (χ4n) is 1.18. The van der Waals surface area contributed by atoms with Gasteiger partial charge in [0.2, 0.25) is 0 Å². The van der Waals surface area contributed by atoms with Crippen molar-refractivity contribution in [3.05, 3.63) is 53.6 Å².